The van der Waals surface area contributed by atoms with Crippen molar-refractivity contribution in [2.45, 2.75) is 51.7 Å². The van der Waals surface area contributed by atoms with Gasteiger partial charge < -0.3 is 10.1 Å². The van der Waals surface area contributed by atoms with E-state index < -0.39 is 6.10 Å². The van der Waals surface area contributed by atoms with Crippen LogP contribution in [0.5, 0.6) is 5.75 Å². The van der Waals surface area contributed by atoms with Crippen LogP contribution < -0.4 is 10.1 Å². The van der Waals surface area contributed by atoms with E-state index in [0.29, 0.717) is 11.3 Å². The van der Waals surface area contributed by atoms with Crippen molar-refractivity contribution in [2.24, 2.45) is 5.92 Å². The molecule has 0 aliphatic heterocycles. The molecule has 0 saturated heterocycles. The highest BCUT2D eigenvalue weighted by Gasteiger charge is 2.22. The highest BCUT2D eigenvalue weighted by atomic mass is 16.5. The van der Waals surface area contributed by atoms with E-state index in [1.807, 2.05) is 0 Å². The van der Waals surface area contributed by atoms with Crippen LogP contribution in [0, 0.1) is 17.2 Å². The number of hydrogen-bond donors (Lipinski definition) is 1. The highest BCUT2D eigenvalue weighted by molar-refractivity contribution is 5.81. The summed E-state index contributed by atoms with van der Waals surface area (Å²) < 4.78 is 5.62. The first-order chi connectivity index (χ1) is 10.1. The number of ether oxygens (including phenoxy) is 1. The van der Waals surface area contributed by atoms with Gasteiger partial charge in [-0.2, -0.15) is 5.26 Å². The molecule has 1 aromatic carbocycles. The maximum atomic E-state index is 12.1. The largest absolute Gasteiger partial charge is 0.481 e. The molecule has 1 unspecified atom stereocenters. The van der Waals surface area contributed by atoms with Gasteiger partial charge in [0.05, 0.1) is 11.6 Å². The molecule has 0 aromatic heterocycles. The van der Waals surface area contributed by atoms with Gasteiger partial charge in [0.25, 0.3) is 5.91 Å². The van der Waals surface area contributed by atoms with Crippen molar-refractivity contribution in [3.63, 3.8) is 0 Å². The molecule has 1 aliphatic carbocycles. The predicted octanol–water partition coefficient (Wildman–Crippen LogP) is 3.02. The Balaban J connectivity index is 1.83. The Labute approximate surface area is 126 Å². The number of nitrogens with one attached hydrogen (secondary N) is 1. The number of carbonyl (C=O) groups is 1. The van der Waals surface area contributed by atoms with Crippen LogP contribution in [-0.4, -0.2) is 18.1 Å². The van der Waals surface area contributed by atoms with Crippen molar-refractivity contribution in [3.8, 4) is 11.8 Å². The molecule has 0 spiro atoms. The van der Waals surface area contributed by atoms with Gasteiger partial charge in [-0.3, -0.25) is 4.79 Å². The lowest BCUT2D eigenvalue weighted by Crippen LogP contribution is -2.43. The Bertz CT molecular complexity index is 511. The SMILES string of the molecule is CC1CCC(NC(=O)C(C)Oc2ccc(C#N)cc2)CC1. The number of amides is 1. The predicted molar refractivity (Wildman–Crippen MR) is 80.8 cm³/mol. The molecule has 4 nitrogen and oxygen atoms in total. The number of benzene rings is 1. The normalized spacial score (nSPS) is 22.9. The number of nitrogens with zero attached hydrogens (tertiary/aromatic N) is 1. The standard InChI is InChI=1S/C17H22N2O2/c1-12-3-7-15(8-4-12)19-17(20)13(2)21-16-9-5-14(11-18)6-10-16/h5-6,9-10,12-13,15H,3-4,7-8H2,1-2H3,(H,19,20). The van der Waals surface area contributed by atoms with Crippen molar-refractivity contribution in [2.75, 3.05) is 0 Å². The summed E-state index contributed by atoms with van der Waals surface area (Å²) in [6.07, 6.45) is 3.93. The van der Waals surface area contributed by atoms with Crippen LogP contribution in [0.4, 0.5) is 0 Å². The Morgan fingerprint density at radius 3 is 2.48 bits per heavy atom. The summed E-state index contributed by atoms with van der Waals surface area (Å²) in [5.74, 6) is 1.30. The molecule has 1 fully saturated rings. The second-order valence-electron chi connectivity index (χ2n) is 5.86. The summed E-state index contributed by atoms with van der Waals surface area (Å²) in [6.45, 7) is 4.01. The van der Waals surface area contributed by atoms with E-state index in [-0.39, 0.29) is 11.9 Å². The van der Waals surface area contributed by atoms with Gasteiger partial charge in [0.2, 0.25) is 0 Å². The average molecular weight is 286 g/mol. The van der Waals surface area contributed by atoms with Gasteiger partial charge in [0.15, 0.2) is 6.10 Å². The van der Waals surface area contributed by atoms with Gasteiger partial charge in [-0.05, 0) is 62.8 Å². The number of hydrogen-bond acceptors (Lipinski definition) is 3. The third-order valence-electron chi connectivity index (χ3n) is 4.03. The molecule has 2 rings (SSSR count). The van der Waals surface area contributed by atoms with Crippen molar-refractivity contribution < 1.29 is 9.53 Å². The van der Waals surface area contributed by atoms with Crippen LogP contribution in [0.1, 0.15) is 45.1 Å². The van der Waals surface area contributed by atoms with Crippen molar-refractivity contribution in [1.29, 1.82) is 5.26 Å². The summed E-state index contributed by atoms with van der Waals surface area (Å²) in [5, 5.41) is 11.8. The summed E-state index contributed by atoms with van der Waals surface area (Å²) in [7, 11) is 0. The molecule has 112 valence electrons. The molecule has 0 bridgehead atoms. The van der Waals surface area contributed by atoms with E-state index in [9.17, 15) is 4.79 Å². The summed E-state index contributed by atoms with van der Waals surface area (Å²) >= 11 is 0. The molecule has 0 heterocycles. The minimum Gasteiger partial charge on any atom is -0.481 e. The van der Waals surface area contributed by atoms with Crippen LogP contribution in [0.3, 0.4) is 0 Å². The maximum Gasteiger partial charge on any atom is 0.260 e. The molecular weight excluding hydrogens is 264 g/mol. The number of carbonyl (C=O) groups excluding carboxylic acids is 1. The zero-order valence-corrected chi connectivity index (χ0v) is 12.6. The highest BCUT2D eigenvalue weighted by Crippen LogP contribution is 2.23. The first kappa shape index (κ1) is 15.4. The van der Waals surface area contributed by atoms with Gasteiger partial charge in [-0.1, -0.05) is 6.92 Å². The summed E-state index contributed by atoms with van der Waals surface area (Å²) in [4.78, 5) is 12.1. The molecule has 1 aromatic rings. The lowest BCUT2D eigenvalue weighted by molar-refractivity contribution is -0.128. The topological polar surface area (TPSA) is 62.1 Å². The quantitative estimate of drug-likeness (QED) is 0.925. The summed E-state index contributed by atoms with van der Waals surface area (Å²) in [5.41, 5.74) is 0.579. The Morgan fingerprint density at radius 2 is 1.90 bits per heavy atom. The van der Waals surface area contributed by atoms with Crippen molar-refractivity contribution in [1.82, 2.24) is 5.32 Å². The molecular formula is C17H22N2O2. The molecule has 1 amide bonds. The lowest BCUT2D eigenvalue weighted by Gasteiger charge is -2.28. The fourth-order valence-electron chi connectivity index (χ4n) is 2.59. The zero-order valence-electron chi connectivity index (χ0n) is 12.6. The van der Waals surface area contributed by atoms with Gasteiger partial charge in [-0.25, -0.2) is 0 Å². The van der Waals surface area contributed by atoms with Gasteiger partial charge >= 0.3 is 0 Å². The van der Waals surface area contributed by atoms with E-state index in [4.69, 9.17) is 10.00 Å². The van der Waals surface area contributed by atoms with Crippen molar-refractivity contribution in [3.05, 3.63) is 29.8 Å². The number of nitriles is 1. The van der Waals surface area contributed by atoms with E-state index >= 15 is 0 Å². The first-order valence-electron chi connectivity index (χ1n) is 7.55. The zero-order chi connectivity index (χ0) is 15.2. The fourth-order valence-corrected chi connectivity index (χ4v) is 2.59. The summed E-state index contributed by atoms with van der Waals surface area (Å²) in [6, 6.07) is 9.12. The average Bonchev–Trinajstić information content (AvgIpc) is 2.50. The maximum absolute atomic E-state index is 12.1. The van der Waals surface area contributed by atoms with E-state index in [2.05, 4.69) is 18.3 Å². The lowest BCUT2D eigenvalue weighted by atomic mass is 9.87. The minimum absolute atomic E-state index is 0.0705. The van der Waals surface area contributed by atoms with Crippen LogP contribution in [0.25, 0.3) is 0 Å². The molecule has 1 aliphatic rings. The smallest absolute Gasteiger partial charge is 0.260 e. The number of rotatable bonds is 4. The second-order valence-corrected chi connectivity index (χ2v) is 5.86. The Morgan fingerprint density at radius 1 is 1.29 bits per heavy atom. The minimum atomic E-state index is -0.530. The molecule has 1 saturated carbocycles. The molecule has 1 N–H and O–H groups in total. The third kappa shape index (κ3) is 4.49. The van der Waals surface area contributed by atoms with E-state index in [0.717, 1.165) is 18.8 Å². The van der Waals surface area contributed by atoms with Crippen LogP contribution in [0.15, 0.2) is 24.3 Å². The molecule has 4 heteroatoms. The van der Waals surface area contributed by atoms with Crippen LogP contribution >= 0.6 is 0 Å². The third-order valence-corrected chi connectivity index (χ3v) is 4.03. The van der Waals surface area contributed by atoms with E-state index in [1.54, 1.807) is 31.2 Å². The monoisotopic (exact) mass is 286 g/mol. The van der Waals surface area contributed by atoms with Crippen LogP contribution in [0.2, 0.25) is 0 Å². The Hall–Kier alpha value is -2.02. The second kappa shape index (κ2) is 7.12. The molecule has 0 radical (unpaired) electrons. The Kier molecular flexibility index (Phi) is 5.21. The van der Waals surface area contributed by atoms with Gasteiger partial charge in [-0.15, -0.1) is 0 Å². The first-order valence-corrected chi connectivity index (χ1v) is 7.55. The van der Waals surface area contributed by atoms with E-state index in [1.165, 1.54) is 12.8 Å². The fraction of sp³-hybridized carbons (Fsp3) is 0.529. The van der Waals surface area contributed by atoms with Crippen molar-refractivity contribution >= 4 is 5.91 Å². The van der Waals surface area contributed by atoms with Gasteiger partial charge in [0, 0.05) is 6.04 Å². The van der Waals surface area contributed by atoms with Crippen LogP contribution in [-0.2, 0) is 4.79 Å². The van der Waals surface area contributed by atoms with Gasteiger partial charge in [0.1, 0.15) is 5.75 Å². The molecule has 1 atom stereocenters. The molecule has 21 heavy (non-hydrogen) atoms.